The smallest absolute Gasteiger partial charge is 0.0844 e. The molecule has 0 amide bonds. The summed E-state index contributed by atoms with van der Waals surface area (Å²) in [5, 5.41) is 8.80. The molecule has 1 aromatic rings. The fourth-order valence-corrected chi connectivity index (χ4v) is 2.19. The molecular weight excluding hydrogens is 234 g/mol. The van der Waals surface area contributed by atoms with Crippen LogP contribution in [0.25, 0.3) is 0 Å². The zero-order valence-corrected chi connectivity index (χ0v) is 12.3. The van der Waals surface area contributed by atoms with Gasteiger partial charge in [0.05, 0.1) is 22.5 Å². The second-order valence-electron chi connectivity index (χ2n) is 4.88. The van der Waals surface area contributed by atoms with E-state index in [1.54, 1.807) is 0 Å². The minimum Gasteiger partial charge on any atom is -0.312 e. The van der Waals surface area contributed by atoms with Crippen molar-refractivity contribution in [1.29, 1.82) is 0 Å². The molecule has 1 aromatic heterocycles. The minimum atomic E-state index is 0.334. The maximum Gasteiger partial charge on any atom is 0.0844 e. The number of aryl methyl sites for hydroxylation is 1. The Morgan fingerprint density at radius 1 is 1.35 bits per heavy atom. The van der Waals surface area contributed by atoms with Crippen molar-refractivity contribution in [3.05, 3.63) is 16.4 Å². The summed E-state index contributed by atoms with van der Waals surface area (Å²) in [6.45, 7) is 11.5. The van der Waals surface area contributed by atoms with Crippen LogP contribution in [0, 0.1) is 13.8 Å². The van der Waals surface area contributed by atoms with Gasteiger partial charge in [0.1, 0.15) is 0 Å². The number of hydrogen-bond donors (Lipinski definition) is 1. The lowest BCUT2D eigenvalue weighted by Gasteiger charge is -2.18. The van der Waals surface area contributed by atoms with Crippen molar-refractivity contribution in [2.45, 2.75) is 59.5 Å². The lowest BCUT2D eigenvalue weighted by Crippen LogP contribution is -2.31. The SMILES string of the molecule is CCCC(C)NCC(C)n1nc(C)c(Cl)c1C. The average Bonchev–Trinajstić information content (AvgIpc) is 2.54. The zero-order valence-electron chi connectivity index (χ0n) is 11.5. The van der Waals surface area contributed by atoms with Crippen LogP contribution in [0.2, 0.25) is 5.02 Å². The second-order valence-corrected chi connectivity index (χ2v) is 5.25. The van der Waals surface area contributed by atoms with Gasteiger partial charge < -0.3 is 5.32 Å². The molecule has 1 N–H and O–H groups in total. The van der Waals surface area contributed by atoms with Crippen LogP contribution < -0.4 is 5.32 Å². The summed E-state index contributed by atoms with van der Waals surface area (Å²) < 4.78 is 2.02. The average molecular weight is 258 g/mol. The maximum atomic E-state index is 6.15. The number of nitrogens with zero attached hydrogens (tertiary/aromatic N) is 2. The molecule has 0 spiro atoms. The molecule has 4 heteroatoms. The van der Waals surface area contributed by atoms with E-state index in [1.165, 1.54) is 12.8 Å². The molecule has 2 atom stereocenters. The van der Waals surface area contributed by atoms with Gasteiger partial charge in [-0.3, -0.25) is 4.68 Å². The first-order valence-corrected chi connectivity index (χ1v) is 6.79. The second kappa shape index (κ2) is 6.41. The van der Waals surface area contributed by atoms with Gasteiger partial charge in [-0.05, 0) is 34.1 Å². The van der Waals surface area contributed by atoms with Crippen molar-refractivity contribution in [2.75, 3.05) is 6.54 Å². The van der Waals surface area contributed by atoms with Gasteiger partial charge in [0.2, 0.25) is 0 Å². The Bertz CT molecular complexity index is 360. The molecule has 0 fully saturated rings. The standard InChI is InChI=1S/C13H24ClN3/c1-6-7-9(2)15-8-10(3)17-12(5)13(14)11(4)16-17/h9-10,15H,6-8H2,1-5H3. The van der Waals surface area contributed by atoms with Crippen LogP contribution in [0.4, 0.5) is 0 Å². The highest BCUT2D eigenvalue weighted by molar-refractivity contribution is 6.31. The number of hydrogen-bond acceptors (Lipinski definition) is 2. The summed E-state index contributed by atoms with van der Waals surface area (Å²) in [4.78, 5) is 0. The first-order valence-electron chi connectivity index (χ1n) is 6.41. The third-order valence-corrected chi connectivity index (χ3v) is 3.68. The molecule has 0 aliphatic rings. The highest BCUT2D eigenvalue weighted by Crippen LogP contribution is 2.21. The lowest BCUT2D eigenvalue weighted by molar-refractivity contribution is 0.406. The normalized spacial score (nSPS) is 14.9. The van der Waals surface area contributed by atoms with Gasteiger partial charge in [-0.25, -0.2) is 0 Å². The predicted molar refractivity (Wildman–Crippen MR) is 73.8 cm³/mol. The third-order valence-electron chi connectivity index (χ3n) is 3.14. The molecule has 3 nitrogen and oxygen atoms in total. The van der Waals surface area contributed by atoms with Crippen molar-refractivity contribution >= 4 is 11.6 Å². The molecule has 0 saturated heterocycles. The zero-order chi connectivity index (χ0) is 13.0. The highest BCUT2D eigenvalue weighted by atomic mass is 35.5. The largest absolute Gasteiger partial charge is 0.312 e. The van der Waals surface area contributed by atoms with Crippen LogP contribution in [0.15, 0.2) is 0 Å². The minimum absolute atomic E-state index is 0.334. The van der Waals surface area contributed by atoms with E-state index in [0.29, 0.717) is 12.1 Å². The monoisotopic (exact) mass is 257 g/mol. The van der Waals surface area contributed by atoms with Crippen molar-refractivity contribution in [1.82, 2.24) is 15.1 Å². The number of aromatic nitrogens is 2. The van der Waals surface area contributed by atoms with Crippen LogP contribution in [-0.2, 0) is 0 Å². The van der Waals surface area contributed by atoms with E-state index in [1.807, 2.05) is 18.5 Å². The van der Waals surface area contributed by atoms with Crippen LogP contribution >= 0.6 is 11.6 Å². The summed E-state index contributed by atoms with van der Waals surface area (Å²) in [6, 6.07) is 0.899. The lowest BCUT2D eigenvalue weighted by atomic mass is 10.2. The van der Waals surface area contributed by atoms with Crippen LogP contribution in [-0.4, -0.2) is 22.4 Å². The number of nitrogens with one attached hydrogen (secondary N) is 1. The van der Waals surface area contributed by atoms with E-state index < -0.39 is 0 Å². The van der Waals surface area contributed by atoms with Gasteiger partial charge in [0.15, 0.2) is 0 Å². The molecule has 1 heterocycles. The molecule has 0 aliphatic carbocycles. The fourth-order valence-electron chi connectivity index (χ4n) is 2.07. The van der Waals surface area contributed by atoms with Gasteiger partial charge in [-0.1, -0.05) is 24.9 Å². The summed E-state index contributed by atoms with van der Waals surface area (Å²) in [6.07, 6.45) is 2.43. The predicted octanol–water partition coefficient (Wildman–Crippen LogP) is 3.49. The van der Waals surface area contributed by atoms with E-state index in [9.17, 15) is 0 Å². The summed E-state index contributed by atoms with van der Waals surface area (Å²) in [7, 11) is 0. The summed E-state index contributed by atoms with van der Waals surface area (Å²) in [5.74, 6) is 0. The first-order chi connectivity index (χ1) is 7.97. The Morgan fingerprint density at radius 3 is 2.47 bits per heavy atom. The number of rotatable bonds is 6. The highest BCUT2D eigenvalue weighted by Gasteiger charge is 2.14. The Kier molecular flexibility index (Phi) is 5.47. The molecule has 0 radical (unpaired) electrons. The third kappa shape index (κ3) is 3.71. The summed E-state index contributed by atoms with van der Waals surface area (Å²) in [5.41, 5.74) is 1.97. The molecule has 0 saturated carbocycles. The summed E-state index contributed by atoms with van der Waals surface area (Å²) >= 11 is 6.15. The Balaban J connectivity index is 2.58. The van der Waals surface area contributed by atoms with E-state index in [-0.39, 0.29) is 0 Å². The Hall–Kier alpha value is -0.540. The van der Waals surface area contributed by atoms with Crippen LogP contribution in [0.1, 0.15) is 51.0 Å². The molecule has 98 valence electrons. The molecule has 0 bridgehead atoms. The molecule has 1 rings (SSSR count). The van der Waals surface area contributed by atoms with Gasteiger partial charge >= 0.3 is 0 Å². The van der Waals surface area contributed by atoms with Gasteiger partial charge in [-0.15, -0.1) is 0 Å². The van der Waals surface area contributed by atoms with Gasteiger partial charge in [-0.2, -0.15) is 5.10 Å². The molecule has 0 aromatic carbocycles. The van der Waals surface area contributed by atoms with E-state index >= 15 is 0 Å². The van der Waals surface area contributed by atoms with Crippen molar-refractivity contribution in [2.24, 2.45) is 0 Å². The molecule has 17 heavy (non-hydrogen) atoms. The van der Waals surface area contributed by atoms with Crippen molar-refractivity contribution in [3.8, 4) is 0 Å². The van der Waals surface area contributed by atoms with E-state index in [0.717, 1.165) is 23.0 Å². The van der Waals surface area contributed by atoms with E-state index in [4.69, 9.17) is 11.6 Å². The van der Waals surface area contributed by atoms with Gasteiger partial charge in [0, 0.05) is 12.6 Å². The van der Waals surface area contributed by atoms with Gasteiger partial charge in [0.25, 0.3) is 0 Å². The Labute approximate surface area is 110 Å². The van der Waals surface area contributed by atoms with E-state index in [2.05, 4.69) is 31.2 Å². The fraction of sp³-hybridized carbons (Fsp3) is 0.769. The first kappa shape index (κ1) is 14.5. The Morgan fingerprint density at radius 2 is 2.00 bits per heavy atom. The van der Waals surface area contributed by atoms with Crippen molar-refractivity contribution < 1.29 is 0 Å². The number of halogens is 1. The molecule has 2 unspecified atom stereocenters. The topological polar surface area (TPSA) is 29.9 Å². The van der Waals surface area contributed by atoms with Crippen LogP contribution in [0.5, 0.6) is 0 Å². The molecular formula is C13H24ClN3. The maximum absolute atomic E-state index is 6.15. The van der Waals surface area contributed by atoms with Crippen molar-refractivity contribution in [3.63, 3.8) is 0 Å². The molecule has 0 aliphatic heterocycles. The van der Waals surface area contributed by atoms with Crippen LogP contribution in [0.3, 0.4) is 0 Å². The quantitative estimate of drug-likeness (QED) is 0.846.